The number of rotatable bonds is 6. The first-order chi connectivity index (χ1) is 13.1. The molecule has 6 nitrogen and oxygen atoms in total. The van der Waals surface area contributed by atoms with Gasteiger partial charge >= 0.3 is 0 Å². The number of hydrogen-bond donors (Lipinski definition) is 2. The number of nitrogens with zero attached hydrogens (tertiary/aromatic N) is 2. The Balaban J connectivity index is 1.62. The Morgan fingerprint density at radius 2 is 1.81 bits per heavy atom. The number of methoxy groups -OCH3 is 2. The molecule has 0 spiro atoms. The van der Waals surface area contributed by atoms with Gasteiger partial charge in [0.2, 0.25) is 0 Å². The van der Waals surface area contributed by atoms with E-state index in [0.717, 1.165) is 5.69 Å². The van der Waals surface area contributed by atoms with Crippen LogP contribution in [0, 0.1) is 5.82 Å². The van der Waals surface area contributed by atoms with Gasteiger partial charge in [-0.15, -0.1) is 0 Å². The van der Waals surface area contributed by atoms with Crippen molar-refractivity contribution in [1.29, 1.82) is 0 Å². The third kappa shape index (κ3) is 4.73. The molecule has 140 valence electrons. The van der Waals surface area contributed by atoms with Crippen molar-refractivity contribution in [3.8, 4) is 11.5 Å². The lowest BCUT2D eigenvalue weighted by Crippen LogP contribution is -2.18. The maximum absolute atomic E-state index is 13.7. The van der Waals surface area contributed by atoms with Crippen LogP contribution < -0.4 is 20.1 Å². The van der Waals surface area contributed by atoms with Gasteiger partial charge in [-0.25, -0.2) is 4.39 Å². The predicted octanol–water partition coefficient (Wildman–Crippen LogP) is 3.90. The summed E-state index contributed by atoms with van der Waals surface area (Å²) in [5.41, 5.74) is 2.02. The number of thiocarbonyl (C=S) groups is 1. The molecule has 0 amide bonds. The van der Waals surface area contributed by atoms with Gasteiger partial charge in [0.05, 0.1) is 32.6 Å². The van der Waals surface area contributed by atoms with E-state index >= 15 is 0 Å². The van der Waals surface area contributed by atoms with E-state index < -0.39 is 0 Å². The quantitative estimate of drug-likeness (QED) is 0.627. The van der Waals surface area contributed by atoms with Crippen molar-refractivity contribution in [3.05, 3.63) is 66.2 Å². The highest BCUT2D eigenvalue weighted by Crippen LogP contribution is 2.29. The van der Waals surface area contributed by atoms with Crippen LogP contribution in [-0.2, 0) is 6.54 Å². The zero-order chi connectivity index (χ0) is 19.2. The normalized spacial score (nSPS) is 10.3. The molecule has 2 N–H and O–H groups in total. The molecular formula is C19H19FN4O2S. The van der Waals surface area contributed by atoms with Crippen molar-refractivity contribution < 1.29 is 13.9 Å². The first-order valence-electron chi connectivity index (χ1n) is 8.15. The van der Waals surface area contributed by atoms with E-state index in [1.54, 1.807) is 61.6 Å². The maximum atomic E-state index is 13.7. The summed E-state index contributed by atoms with van der Waals surface area (Å²) in [6.45, 7) is 0.338. The lowest BCUT2D eigenvalue weighted by molar-refractivity contribution is 0.355. The summed E-state index contributed by atoms with van der Waals surface area (Å²) in [6.07, 6.45) is 3.39. The van der Waals surface area contributed by atoms with E-state index in [2.05, 4.69) is 15.7 Å². The average Bonchev–Trinajstić information content (AvgIpc) is 3.10. The Morgan fingerprint density at radius 3 is 2.56 bits per heavy atom. The van der Waals surface area contributed by atoms with E-state index in [0.29, 0.717) is 34.4 Å². The zero-order valence-corrected chi connectivity index (χ0v) is 15.7. The number of halogens is 1. The zero-order valence-electron chi connectivity index (χ0n) is 14.9. The molecule has 0 aliphatic heterocycles. The van der Waals surface area contributed by atoms with E-state index in [-0.39, 0.29) is 5.82 Å². The van der Waals surface area contributed by atoms with Crippen molar-refractivity contribution in [3.63, 3.8) is 0 Å². The van der Waals surface area contributed by atoms with Crippen LogP contribution in [-0.4, -0.2) is 29.1 Å². The van der Waals surface area contributed by atoms with E-state index in [9.17, 15) is 4.39 Å². The average molecular weight is 386 g/mol. The first kappa shape index (κ1) is 18.7. The standard InChI is InChI=1S/C19H19FN4O2S/c1-25-17-8-7-14(9-18(17)26-2)22-19(27)23-15-10-21-24(12-15)11-13-5-3-4-6-16(13)20/h3-10,12H,11H2,1-2H3,(H2,22,23,27). The summed E-state index contributed by atoms with van der Waals surface area (Å²) in [4.78, 5) is 0. The van der Waals surface area contributed by atoms with Crippen LogP contribution >= 0.6 is 12.2 Å². The fourth-order valence-corrected chi connectivity index (χ4v) is 2.76. The molecule has 1 aromatic heterocycles. The van der Waals surface area contributed by atoms with Gasteiger partial charge < -0.3 is 20.1 Å². The molecule has 1 heterocycles. The summed E-state index contributed by atoms with van der Waals surface area (Å²) in [6, 6.07) is 12.0. The molecule has 8 heteroatoms. The van der Waals surface area contributed by atoms with Gasteiger partial charge in [0.25, 0.3) is 0 Å². The minimum atomic E-state index is -0.256. The van der Waals surface area contributed by atoms with Crippen molar-refractivity contribution in [2.24, 2.45) is 0 Å². The SMILES string of the molecule is COc1ccc(NC(=S)Nc2cnn(Cc3ccccc3F)c2)cc1OC. The summed E-state index contributed by atoms with van der Waals surface area (Å²) in [5, 5.41) is 10.7. The highest BCUT2D eigenvalue weighted by Gasteiger charge is 2.08. The Kier molecular flexibility index (Phi) is 5.87. The highest BCUT2D eigenvalue weighted by molar-refractivity contribution is 7.80. The van der Waals surface area contributed by atoms with Crippen molar-refractivity contribution >= 4 is 28.7 Å². The number of nitrogens with one attached hydrogen (secondary N) is 2. The summed E-state index contributed by atoms with van der Waals surface area (Å²) >= 11 is 5.33. The van der Waals surface area contributed by atoms with E-state index in [1.807, 2.05) is 6.07 Å². The van der Waals surface area contributed by atoms with Crippen LogP contribution in [0.25, 0.3) is 0 Å². The van der Waals surface area contributed by atoms with Crippen LogP contribution in [0.1, 0.15) is 5.56 Å². The predicted molar refractivity (Wildman–Crippen MR) is 107 cm³/mol. The molecule has 0 fully saturated rings. The van der Waals surface area contributed by atoms with Gasteiger partial charge in [0.1, 0.15) is 5.82 Å². The summed E-state index contributed by atoms with van der Waals surface area (Å²) in [5.74, 6) is 0.979. The Bertz CT molecular complexity index is 945. The number of ether oxygens (including phenoxy) is 2. The second-order valence-electron chi connectivity index (χ2n) is 5.67. The molecule has 0 atom stereocenters. The lowest BCUT2D eigenvalue weighted by Gasteiger charge is -2.12. The molecule has 2 aromatic carbocycles. The highest BCUT2D eigenvalue weighted by atomic mass is 32.1. The second kappa shape index (κ2) is 8.50. The van der Waals surface area contributed by atoms with Gasteiger partial charge in [-0.05, 0) is 30.4 Å². The Hall–Kier alpha value is -3.13. The number of anilines is 2. The molecule has 0 saturated carbocycles. The third-order valence-corrected chi connectivity index (χ3v) is 4.03. The Morgan fingerprint density at radius 1 is 1.07 bits per heavy atom. The van der Waals surface area contributed by atoms with Crippen LogP contribution in [0.5, 0.6) is 11.5 Å². The molecule has 0 unspecified atom stereocenters. The van der Waals surface area contributed by atoms with Crippen molar-refractivity contribution in [2.75, 3.05) is 24.9 Å². The summed E-state index contributed by atoms with van der Waals surface area (Å²) < 4.78 is 25.9. The molecule has 0 bridgehead atoms. The van der Waals surface area contributed by atoms with Gasteiger partial charge in [-0.1, -0.05) is 18.2 Å². The van der Waals surface area contributed by atoms with E-state index in [1.165, 1.54) is 6.07 Å². The van der Waals surface area contributed by atoms with Gasteiger partial charge in [-0.3, -0.25) is 4.68 Å². The van der Waals surface area contributed by atoms with Crippen molar-refractivity contribution in [2.45, 2.75) is 6.54 Å². The second-order valence-corrected chi connectivity index (χ2v) is 6.08. The van der Waals surface area contributed by atoms with Crippen LogP contribution in [0.3, 0.4) is 0 Å². The number of hydrogen-bond acceptors (Lipinski definition) is 4. The fourth-order valence-electron chi connectivity index (χ4n) is 2.52. The largest absolute Gasteiger partial charge is 0.493 e. The van der Waals surface area contributed by atoms with Gasteiger partial charge in [-0.2, -0.15) is 5.10 Å². The van der Waals surface area contributed by atoms with E-state index in [4.69, 9.17) is 21.7 Å². The molecule has 3 rings (SSSR count). The molecule has 27 heavy (non-hydrogen) atoms. The Labute approximate surface area is 161 Å². The molecule has 0 radical (unpaired) electrons. The maximum Gasteiger partial charge on any atom is 0.175 e. The number of aromatic nitrogens is 2. The monoisotopic (exact) mass is 386 g/mol. The topological polar surface area (TPSA) is 60.3 Å². The fraction of sp³-hybridized carbons (Fsp3) is 0.158. The molecule has 0 aliphatic rings. The minimum absolute atomic E-state index is 0.256. The van der Waals surface area contributed by atoms with Crippen molar-refractivity contribution in [1.82, 2.24) is 9.78 Å². The van der Waals surface area contributed by atoms with Crippen LogP contribution in [0.15, 0.2) is 54.9 Å². The summed E-state index contributed by atoms with van der Waals surface area (Å²) in [7, 11) is 3.15. The van der Waals surface area contributed by atoms with Crippen LogP contribution in [0.2, 0.25) is 0 Å². The van der Waals surface area contributed by atoms with Gasteiger partial charge in [0, 0.05) is 23.5 Å². The molecule has 3 aromatic rings. The third-order valence-electron chi connectivity index (χ3n) is 3.82. The number of benzene rings is 2. The minimum Gasteiger partial charge on any atom is -0.493 e. The molecular weight excluding hydrogens is 367 g/mol. The van der Waals surface area contributed by atoms with Gasteiger partial charge in [0.15, 0.2) is 16.6 Å². The lowest BCUT2D eigenvalue weighted by atomic mass is 10.2. The smallest absolute Gasteiger partial charge is 0.175 e. The first-order valence-corrected chi connectivity index (χ1v) is 8.56. The molecule has 0 saturated heterocycles. The van der Waals surface area contributed by atoms with Crippen LogP contribution in [0.4, 0.5) is 15.8 Å². The molecule has 0 aliphatic carbocycles.